The van der Waals surface area contributed by atoms with Crippen molar-refractivity contribution in [1.82, 2.24) is 14.9 Å². The summed E-state index contributed by atoms with van der Waals surface area (Å²) in [6, 6.07) is 17.2. The molecule has 2 N–H and O–H groups in total. The molecule has 1 amide bonds. The van der Waals surface area contributed by atoms with Crippen molar-refractivity contribution in [3.05, 3.63) is 73.6 Å². The molecule has 1 aliphatic heterocycles. The van der Waals surface area contributed by atoms with Gasteiger partial charge in [-0.3, -0.25) is 4.79 Å². The molecule has 7 heteroatoms. The van der Waals surface area contributed by atoms with E-state index in [0.717, 1.165) is 30.7 Å². The van der Waals surface area contributed by atoms with Gasteiger partial charge in [-0.25, -0.2) is 9.97 Å². The van der Waals surface area contributed by atoms with E-state index in [2.05, 4.69) is 16.5 Å². The van der Waals surface area contributed by atoms with Gasteiger partial charge in [-0.15, -0.1) is 0 Å². The van der Waals surface area contributed by atoms with Gasteiger partial charge in [-0.05, 0) is 48.7 Å². The Morgan fingerprint density at radius 3 is 2.62 bits per heavy atom. The highest BCUT2D eigenvalue weighted by atomic mass is 16.5. The van der Waals surface area contributed by atoms with E-state index in [1.165, 1.54) is 12.4 Å². The quantitative estimate of drug-likeness (QED) is 0.562. The van der Waals surface area contributed by atoms with Gasteiger partial charge >= 0.3 is 0 Å². The van der Waals surface area contributed by atoms with Crippen molar-refractivity contribution in [2.45, 2.75) is 12.8 Å². The molecule has 0 saturated carbocycles. The third-order valence-electron chi connectivity index (χ3n) is 5.42. The molecule has 32 heavy (non-hydrogen) atoms. The Bertz CT molecular complexity index is 1070. The van der Waals surface area contributed by atoms with Crippen LogP contribution in [0.15, 0.2) is 73.6 Å². The fraction of sp³-hybridized carbons (Fsp3) is 0.240. The molecule has 0 spiro atoms. The summed E-state index contributed by atoms with van der Waals surface area (Å²) in [4.78, 5) is 22.2. The van der Waals surface area contributed by atoms with Gasteiger partial charge in [-0.1, -0.05) is 36.9 Å². The second-order valence-corrected chi connectivity index (χ2v) is 7.69. The molecule has 1 aliphatic rings. The van der Waals surface area contributed by atoms with Crippen LogP contribution in [0.2, 0.25) is 0 Å². The van der Waals surface area contributed by atoms with E-state index in [0.29, 0.717) is 36.2 Å². The maximum Gasteiger partial charge on any atom is 0.245 e. The number of piperidine rings is 1. The number of ether oxygens (including phenoxy) is 2. The lowest BCUT2D eigenvalue weighted by Gasteiger charge is -2.32. The Labute approximate surface area is 187 Å². The lowest BCUT2D eigenvalue weighted by atomic mass is 9.99. The summed E-state index contributed by atoms with van der Waals surface area (Å²) in [5.41, 5.74) is 7.66. The number of nitrogens with zero attached hydrogens (tertiary/aromatic N) is 3. The van der Waals surface area contributed by atoms with E-state index in [1.807, 2.05) is 59.5 Å². The molecule has 0 unspecified atom stereocenters. The number of hydrogen-bond donors (Lipinski definition) is 1. The number of benzene rings is 2. The third kappa shape index (κ3) is 5.06. The Hall–Kier alpha value is -3.87. The first-order chi connectivity index (χ1) is 15.6. The number of rotatable bonds is 7. The zero-order chi connectivity index (χ0) is 22.3. The molecule has 1 fully saturated rings. The fourth-order valence-corrected chi connectivity index (χ4v) is 3.80. The number of nitrogen functional groups attached to an aromatic ring is 1. The normalized spacial score (nSPS) is 15.8. The predicted octanol–water partition coefficient (Wildman–Crippen LogP) is 4.32. The van der Waals surface area contributed by atoms with Crippen LogP contribution in [0.3, 0.4) is 0 Å². The van der Waals surface area contributed by atoms with Gasteiger partial charge < -0.3 is 20.1 Å². The van der Waals surface area contributed by atoms with Crippen molar-refractivity contribution in [2.75, 3.05) is 25.4 Å². The van der Waals surface area contributed by atoms with Gasteiger partial charge in [-0.2, -0.15) is 0 Å². The molecule has 3 aromatic rings. The summed E-state index contributed by atoms with van der Waals surface area (Å²) in [5.74, 6) is 2.44. The Kier molecular flexibility index (Phi) is 6.65. The van der Waals surface area contributed by atoms with Gasteiger partial charge in [0, 0.05) is 19.0 Å². The SMILES string of the molecule is C=CC(=O)N1CCC[C@H](COc2ncnc(N)c2-c2ccc(Oc3ccccc3)cc2)C1. The number of likely N-dealkylation sites (tertiary alicyclic amines) is 1. The van der Waals surface area contributed by atoms with Crippen LogP contribution in [0.1, 0.15) is 12.8 Å². The predicted molar refractivity (Wildman–Crippen MR) is 123 cm³/mol. The average molecular weight is 431 g/mol. The Morgan fingerprint density at radius 1 is 1.12 bits per heavy atom. The van der Waals surface area contributed by atoms with E-state index < -0.39 is 0 Å². The highest BCUT2D eigenvalue weighted by Crippen LogP contribution is 2.34. The Balaban J connectivity index is 1.47. The van der Waals surface area contributed by atoms with Gasteiger partial charge in [0.05, 0.1) is 12.2 Å². The molecule has 0 aliphatic carbocycles. The van der Waals surface area contributed by atoms with Crippen LogP contribution in [0.25, 0.3) is 11.1 Å². The summed E-state index contributed by atoms with van der Waals surface area (Å²) in [7, 11) is 0. The summed E-state index contributed by atoms with van der Waals surface area (Å²) in [5, 5.41) is 0. The number of carbonyl (C=O) groups is 1. The maximum atomic E-state index is 11.9. The molecule has 0 bridgehead atoms. The van der Waals surface area contributed by atoms with Crippen LogP contribution in [0.4, 0.5) is 5.82 Å². The zero-order valence-corrected chi connectivity index (χ0v) is 17.8. The zero-order valence-electron chi connectivity index (χ0n) is 17.8. The number of anilines is 1. The van der Waals surface area contributed by atoms with Crippen molar-refractivity contribution in [3.63, 3.8) is 0 Å². The second-order valence-electron chi connectivity index (χ2n) is 7.69. The van der Waals surface area contributed by atoms with E-state index in [4.69, 9.17) is 15.2 Å². The van der Waals surface area contributed by atoms with Gasteiger partial charge in [0.2, 0.25) is 11.8 Å². The molecular formula is C25H26N4O3. The smallest absolute Gasteiger partial charge is 0.245 e. The topological polar surface area (TPSA) is 90.6 Å². The van der Waals surface area contributed by atoms with E-state index >= 15 is 0 Å². The summed E-state index contributed by atoms with van der Waals surface area (Å²) >= 11 is 0. The highest BCUT2D eigenvalue weighted by molar-refractivity contribution is 5.87. The number of hydrogen-bond acceptors (Lipinski definition) is 6. The van der Waals surface area contributed by atoms with E-state index in [1.54, 1.807) is 0 Å². The van der Waals surface area contributed by atoms with Gasteiger partial charge in [0.25, 0.3) is 0 Å². The minimum absolute atomic E-state index is 0.0421. The standard InChI is InChI=1S/C25H26N4O3/c1-2-22(30)29-14-6-7-18(15-29)16-31-25-23(24(26)27-17-28-25)19-10-12-21(13-11-19)32-20-8-4-3-5-9-20/h2-5,8-13,17-18H,1,6-7,14-16H2,(H2,26,27,28)/t18-/m0/s1. The Morgan fingerprint density at radius 2 is 1.88 bits per heavy atom. The van der Waals surface area contributed by atoms with E-state index in [-0.39, 0.29) is 11.8 Å². The number of carbonyl (C=O) groups excluding carboxylic acids is 1. The molecule has 0 radical (unpaired) electrons. The van der Waals surface area contributed by atoms with Crippen LogP contribution < -0.4 is 15.2 Å². The van der Waals surface area contributed by atoms with Crippen LogP contribution in [0.5, 0.6) is 17.4 Å². The lowest BCUT2D eigenvalue weighted by Crippen LogP contribution is -2.40. The first-order valence-electron chi connectivity index (χ1n) is 10.6. The minimum atomic E-state index is -0.0421. The molecule has 7 nitrogen and oxygen atoms in total. The largest absolute Gasteiger partial charge is 0.477 e. The van der Waals surface area contributed by atoms with Crippen molar-refractivity contribution < 1.29 is 14.3 Å². The molecule has 1 atom stereocenters. The summed E-state index contributed by atoms with van der Waals surface area (Å²) < 4.78 is 11.9. The molecule has 164 valence electrons. The van der Waals surface area contributed by atoms with Gasteiger partial charge in [0.15, 0.2) is 0 Å². The first kappa shape index (κ1) is 21.4. The fourth-order valence-electron chi connectivity index (χ4n) is 3.80. The second kappa shape index (κ2) is 9.96. The van der Waals surface area contributed by atoms with Crippen molar-refractivity contribution in [2.24, 2.45) is 5.92 Å². The van der Waals surface area contributed by atoms with Crippen LogP contribution in [-0.4, -0.2) is 40.5 Å². The van der Waals surface area contributed by atoms with Crippen LogP contribution in [-0.2, 0) is 4.79 Å². The van der Waals surface area contributed by atoms with Gasteiger partial charge in [0.1, 0.15) is 23.6 Å². The molecule has 1 saturated heterocycles. The summed E-state index contributed by atoms with van der Waals surface area (Å²) in [6.45, 7) is 5.42. The molecule has 2 aromatic carbocycles. The number of amides is 1. The monoisotopic (exact) mass is 430 g/mol. The third-order valence-corrected chi connectivity index (χ3v) is 5.42. The molecular weight excluding hydrogens is 404 g/mol. The van der Waals surface area contributed by atoms with Crippen LogP contribution >= 0.6 is 0 Å². The van der Waals surface area contributed by atoms with Crippen molar-refractivity contribution in [3.8, 4) is 28.5 Å². The lowest BCUT2D eigenvalue weighted by molar-refractivity contribution is -0.127. The first-order valence-corrected chi connectivity index (χ1v) is 10.6. The van der Waals surface area contributed by atoms with Crippen molar-refractivity contribution in [1.29, 1.82) is 0 Å². The minimum Gasteiger partial charge on any atom is -0.477 e. The highest BCUT2D eigenvalue weighted by Gasteiger charge is 2.23. The molecule has 1 aromatic heterocycles. The maximum absolute atomic E-state index is 11.9. The number of nitrogens with two attached hydrogens (primary N) is 1. The van der Waals surface area contributed by atoms with Crippen molar-refractivity contribution >= 4 is 11.7 Å². The van der Waals surface area contributed by atoms with Crippen LogP contribution in [0, 0.1) is 5.92 Å². The summed E-state index contributed by atoms with van der Waals surface area (Å²) in [6.07, 6.45) is 4.69. The number of para-hydroxylation sites is 1. The van der Waals surface area contributed by atoms with E-state index in [9.17, 15) is 4.79 Å². The molecule has 2 heterocycles. The molecule has 4 rings (SSSR count). The number of aromatic nitrogens is 2. The average Bonchev–Trinajstić information content (AvgIpc) is 2.84.